The van der Waals surface area contributed by atoms with Gasteiger partial charge in [-0.05, 0) is 18.5 Å². The Bertz CT molecular complexity index is 573. The number of hydrogen-bond donors (Lipinski definition) is 3. The van der Waals surface area contributed by atoms with Gasteiger partial charge in [-0.25, -0.2) is 4.79 Å². The van der Waals surface area contributed by atoms with E-state index in [4.69, 9.17) is 16.0 Å². The smallest absolute Gasteiger partial charge is 0.368 e. The Labute approximate surface area is 114 Å². The number of carbonyl (C=O) groups excluding carboxylic acids is 2. The highest BCUT2D eigenvalue weighted by molar-refractivity contribution is 7.80. The average Bonchev–Trinajstić information content (AvgIpc) is 2.57. The van der Waals surface area contributed by atoms with Gasteiger partial charge in [0.2, 0.25) is 5.91 Å². The van der Waals surface area contributed by atoms with Crippen molar-refractivity contribution in [2.45, 2.75) is 18.5 Å². The second-order valence-corrected chi connectivity index (χ2v) is 5.41. The molecule has 0 unspecified atom stereocenters. The maximum absolute atomic E-state index is 12.0. The molecular formula is C9H14N4O6S. The number of primary amides is 1. The van der Waals surface area contributed by atoms with E-state index >= 15 is 0 Å². The molecule has 2 rings (SSSR count). The molecular weight excluding hydrogens is 292 g/mol. The zero-order valence-electron chi connectivity index (χ0n) is 10.3. The number of hydrogen-bond acceptors (Lipinski definition) is 6. The van der Waals surface area contributed by atoms with Crippen molar-refractivity contribution in [3.63, 3.8) is 0 Å². The molecule has 11 heteroatoms. The summed E-state index contributed by atoms with van der Waals surface area (Å²) >= 11 is 0. The van der Waals surface area contributed by atoms with Crippen molar-refractivity contribution < 1.29 is 26.8 Å². The van der Waals surface area contributed by atoms with E-state index in [2.05, 4.69) is 4.28 Å². The van der Waals surface area contributed by atoms with Gasteiger partial charge in [-0.1, -0.05) is 6.08 Å². The van der Waals surface area contributed by atoms with Gasteiger partial charge >= 0.3 is 16.4 Å². The summed E-state index contributed by atoms with van der Waals surface area (Å²) in [6.07, 6.45) is 1.80. The fourth-order valence-corrected chi connectivity index (χ4v) is 2.71. The number of nitrogens with zero attached hydrogens (tertiary/aromatic N) is 2. The maximum Gasteiger partial charge on any atom is 0.418 e. The van der Waals surface area contributed by atoms with E-state index in [0.29, 0.717) is 17.1 Å². The van der Waals surface area contributed by atoms with Crippen molar-refractivity contribution in [2.24, 2.45) is 11.5 Å². The van der Waals surface area contributed by atoms with Gasteiger partial charge in [-0.3, -0.25) is 9.35 Å². The van der Waals surface area contributed by atoms with Crippen LogP contribution in [0.4, 0.5) is 4.79 Å². The number of fused-ring (bicyclic) bond motifs is 2. The maximum atomic E-state index is 12.0. The molecule has 0 radical (unpaired) electrons. The number of nitrogens with two attached hydrogens (primary N) is 2. The first-order chi connectivity index (χ1) is 9.24. The second-order valence-electron chi connectivity index (χ2n) is 4.41. The van der Waals surface area contributed by atoms with E-state index in [1.165, 1.54) is 6.08 Å². The molecule has 1 fully saturated rings. The Morgan fingerprint density at radius 1 is 1.55 bits per heavy atom. The van der Waals surface area contributed by atoms with Crippen LogP contribution >= 0.6 is 0 Å². The van der Waals surface area contributed by atoms with Gasteiger partial charge in [0, 0.05) is 0 Å². The van der Waals surface area contributed by atoms with Gasteiger partial charge in [-0.15, -0.1) is 4.28 Å². The van der Waals surface area contributed by atoms with Gasteiger partial charge in [0.25, 0.3) is 0 Å². The first kappa shape index (κ1) is 14.7. The van der Waals surface area contributed by atoms with Crippen LogP contribution in [0.15, 0.2) is 11.6 Å². The Balaban J connectivity index is 2.36. The van der Waals surface area contributed by atoms with Crippen molar-refractivity contribution in [3.8, 4) is 0 Å². The van der Waals surface area contributed by atoms with Crippen molar-refractivity contribution >= 4 is 22.3 Å². The predicted molar refractivity (Wildman–Crippen MR) is 65.1 cm³/mol. The highest BCUT2D eigenvalue weighted by Gasteiger charge is 2.49. The lowest BCUT2D eigenvalue weighted by Crippen LogP contribution is -2.46. The molecule has 1 saturated heterocycles. The number of hydroxylamine groups is 2. The summed E-state index contributed by atoms with van der Waals surface area (Å²) in [5.74, 6) is -0.750. The lowest BCUT2D eigenvalue weighted by Gasteiger charge is -2.27. The van der Waals surface area contributed by atoms with Crippen LogP contribution in [0.1, 0.15) is 6.42 Å². The fraction of sp³-hybridized carbons (Fsp3) is 0.556. The van der Waals surface area contributed by atoms with E-state index in [0.717, 1.165) is 4.90 Å². The zero-order chi connectivity index (χ0) is 15.1. The molecule has 3 amide bonds. The monoisotopic (exact) mass is 306 g/mol. The highest BCUT2D eigenvalue weighted by atomic mass is 32.3. The molecule has 5 N–H and O–H groups in total. The number of carbonyl (C=O) groups is 2. The van der Waals surface area contributed by atoms with E-state index in [-0.39, 0.29) is 13.1 Å². The highest BCUT2D eigenvalue weighted by Crippen LogP contribution is 2.31. The molecule has 0 saturated carbocycles. The molecule has 2 heterocycles. The molecule has 2 bridgehead atoms. The standard InChI is InChI=1S/C9H14N4O6S/c10-2-1-5-3-6(8(11)14)12-4-7(5)13(9(12)15)19-20(16,17)18/h3,6-7H,1-2,4,10H2,(H2,11,14)(H,16,17,18)/t6-,7+/m0/s1. The van der Waals surface area contributed by atoms with Gasteiger partial charge in [0.1, 0.15) is 12.1 Å². The van der Waals surface area contributed by atoms with Crippen LogP contribution in [0, 0.1) is 0 Å². The third-order valence-corrected chi connectivity index (χ3v) is 3.47. The molecule has 0 aromatic carbocycles. The predicted octanol–water partition coefficient (Wildman–Crippen LogP) is -2.03. The first-order valence-corrected chi connectivity index (χ1v) is 7.08. The minimum absolute atomic E-state index is 0.0355. The molecule has 2 aliphatic heterocycles. The molecule has 0 spiro atoms. The lowest BCUT2D eigenvalue weighted by molar-refractivity contribution is -0.120. The van der Waals surface area contributed by atoms with Crippen molar-refractivity contribution in [1.29, 1.82) is 0 Å². The molecule has 2 atom stereocenters. The quantitative estimate of drug-likeness (QED) is 0.390. The molecule has 10 nitrogen and oxygen atoms in total. The Morgan fingerprint density at radius 3 is 2.70 bits per heavy atom. The largest absolute Gasteiger partial charge is 0.418 e. The number of rotatable bonds is 5. The number of urea groups is 1. The third-order valence-electron chi connectivity index (χ3n) is 3.12. The van der Waals surface area contributed by atoms with Crippen LogP contribution in [0.3, 0.4) is 0 Å². The fourth-order valence-electron chi connectivity index (χ4n) is 2.34. The van der Waals surface area contributed by atoms with Gasteiger partial charge in [0.15, 0.2) is 0 Å². The zero-order valence-corrected chi connectivity index (χ0v) is 11.1. The van der Waals surface area contributed by atoms with E-state index in [1.54, 1.807) is 0 Å². The Morgan fingerprint density at radius 2 is 2.20 bits per heavy atom. The van der Waals surface area contributed by atoms with Crippen molar-refractivity contribution in [3.05, 3.63) is 11.6 Å². The number of amides is 3. The van der Waals surface area contributed by atoms with Gasteiger partial charge < -0.3 is 16.4 Å². The summed E-state index contributed by atoms with van der Waals surface area (Å²) in [5.41, 5.74) is 11.2. The van der Waals surface area contributed by atoms with Crippen molar-refractivity contribution in [2.75, 3.05) is 13.1 Å². The van der Waals surface area contributed by atoms with Crippen LogP contribution in [0.2, 0.25) is 0 Å². The minimum Gasteiger partial charge on any atom is -0.368 e. The Hall–Kier alpha value is -1.69. The summed E-state index contributed by atoms with van der Waals surface area (Å²) in [6, 6.07) is -2.58. The lowest BCUT2D eigenvalue weighted by atomic mass is 9.97. The minimum atomic E-state index is -4.85. The van der Waals surface area contributed by atoms with E-state index in [9.17, 15) is 18.0 Å². The summed E-state index contributed by atoms with van der Waals surface area (Å²) in [5, 5.41) is 0.514. The summed E-state index contributed by atoms with van der Waals surface area (Å²) in [7, 11) is -4.85. The van der Waals surface area contributed by atoms with E-state index < -0.39 is 34.4 Å². The Kier molecular flexibility index (Phi) is 3.69. The van der Waals surface area contributed by atoms with Crippen LogP contribution in [-0.2, 0) is 19.5 Å². The molecule has 112 valence electrons. The first-order valence-electron chi connectivity index (χ1n) is 5.71. The summed E-state index contributed by atoms with van der Waals surface area (Å²) < 4.78 is 34.5. The van der Waals surface area contributed by atoms with Crippen LogP contribution in [-0.4, -0.2) is 60.0 Å². The third kappa shape index (κ3) is 2.60. The van der Waals surface area contributed by atoms with Crippen molar-refractivity contribution in [1.82, 2.24) is 9.96 Å². The summed E-state index contributed by atoms with van der Waals surface area (Å²) in [6.45, 7) is 0.273. The molecule has 0 aromatic rings. The molecule has 2 aliphatic rings. The SMILES string of the molecule is NCCC1=C[C@@H](C(N)=O)N2C[C@H]1N(OS(=O)(=O)O)C2=O. The van der Waals surface area contributed by atoms with Crippen LogP contribution < -0.4 is 11.5 Å². The summed E-state index contributed by atoms with van der Waals surface area (Å²) in [4.78, 5) is 24.4. The molecule has 0 aromatic heterocycles. The molecule has 0 aliphatic carbocycles. The molecule has 20 heavy (non-hydrogen) atoms. The topological polar surface area (TPSA) is 156 Å². The van der Waals surface area contributed by atoms with Crippen LogP contribution in [0.25, 0.3) is 0 Å². The van der Waals surface area contributed by atoms with E-state index in [1.807, 2.05) is 0 Å². The van der Waals surface area contributed by atoms with Gasteiger partial charge in [-0.2, -0.15) is 13.5 Å². The normalized spacial score (nSPS) is 25.9. The van der Waals surface area contributed by atoms with Gasteiger partial charge in [0.05, 0.1) is 6.54 Å². The second kappa shape index (κ2) is 5.01. The van der Waals surface area contributed by atoms with Crippen LogP contribution in [0.5, 0.6) is 0 Å². The average molecular weight is 306 g/mol.